The highest BCUT2D eigenvalue weighted by atomic mass is 16.5. The van der Waals surface area contributed by atoms with E-state index in [-0.39, 0.29) is 6.03 Å². The molecule has 0 saturated heterocycles. The predicted octanol–water partition coefficient (Wildman–Crippen LogP) is 4.07. The Labute approximate surface area is 154 Å². The van der Waals surface area contributed by atoms with Crippen LogP contribution in [0.4, 0.5) is 10.5 Å². The lowest BCUT2D eigenvalue weighted by Crippen LogP contribution is -2.30. The molecule has 2 aromatic carbocycles. The molecule has 0 atom stereocenters. The van der Waals surface area contributed by atoms with Gasteiger partial charge >= 0.3 is 6.03 Å². The molecule has 0 spiro atoms. The average Bonchev–Trinajstić information content (AvgIpc) is 2.65. The van der Waals surface area contributed by atoms with Crippen molar-refractivity contribution in [3.05, 3.63) is 48.5 Å². The number of benzene rings is 2. The molecule has 0 unspecified atom stereocenters. The summed E-state index contributed by atoms with van der Waals surface area (Å²) in [6, 6.07) is 14.7. The van der Waals surface area contributed by atoms with Gasteiger partial charge in [0.15, 0.2) is 11.5 Å². The summed E-state index contributed by atoms with van der Waals surface area (Å²) in [4.78, 5) is 12.0. The first-order valence-electron chi connectivity index (χ1n) is 8.85. The van der Waals surface area contributed by atoms with Crippen LogP contribution in [0.1, 0.15) is 20.3 Å². The van der Waals surface area contributed by atoms with Gasteiger partial charge < -0.3 is 24.8 Å². The molecule has 2 rings (SSSR count). The quantitative estimate of drug-likeness (QED) is 0.628. The van der Waals surface area contributed by atoms with E-state index < -0.39 is 0 Å². The third kappa shape index (κ3) is 6.55. The summed E-state index contributed by atoms with van der Waals surface area (Å²) in [5.41, 5.74) is 0.648. The highest BCUT2D eigenvalue weighted by molar-refractivity contribution is 5.89. The van der Waals surface area contributed by atoms with Crippen molar-refractivity contribution in [2.75, 3.05) is 31.7 Å². The second-order valence-corrected chi connectivity index (χ2v) is 5.42. The van der Waals surface area contributed by atoms with Crippen LogP contribution in [0.3, 0.4) is 0 Å². The Balaban J connectivity index is 1.74. The Hall–Kier alpha value is -2.89. The number of carbonyl (C=O) groups excluding carboxylic acids is 1. The van der Waals surface area contributed by atoms with Crippen molar-refractivity contribution in [3.8, 4) is 17.2 Å². The van der Waals surface area contributed by atoms with Gasteiger partial charge in [-0.25, -0.2) is 4.79 Å². The molecule has 0 radical (unpaired) electrons. The Morgan fingerprint density at radius 1 is 0.923 bits per heavy atom. The molecule has 0 bridgehead atoms. The van der Waals surface area contributed by atoms with Crippen LogP contribution in [0.5, 0.6) is 17.2 Å². The number of ether oxygens (including phenoxy) is 3. The lowest BCUT2D eigenvalue weighted by atomic mass is 10.2. The fourth-order valence-corrected chi connectivity index (χ4v) is 2.28. The van der Waals surface area contributed by atoms with Gasteiger partial charge in [0, 0.05) is 18.3 Å². The Morgan fingerprint density at radius 2 is 1.65 bits per heavy atom. The second kappa shape index (κ2) is 10.9. The number of hydrogen-bond acceptors (Lipinski definition) is 4. The molecule has 2 amide bonds. The lowest BCUT2D eigenvalue weighted by molar-refractivity contribution is 0.250. The van der Waals surface area contributed by atoms with E-state index in [4.69, 9.17) is 14.2 Å². The van der Waals surface area contributed by atoms with E-state index >= 15 is 0 Å². The number of hydrogen-bond donors (Lipinski definition) is 2. The number of para-hydroxylation sites is 1. The van der Waals surface area contributed by atoms with E-state index in [9.17, 15) is 4.79 Å². The zero-order chi connectivity index (χ0) is 18.6. The molecule has 2 N–H and O–H groups in total. The number of urea groups is 1. The summed E-state index contributed by atoms with van der Waals surface area (Å²) < 4.78 is 16.6. The molecule has 0 fully saturated rings. The van der Waals surface area contributed by atoms with Crippen LogP contribution >= 0.6 is 0 Å². The van der Waals surface area contributed by atoms with Crippen LogP contribution in [0.2, 0.25) is 0 Å². The molecule has 0 heterocycles. The number of carbonyl (C=O) groups is 1. The van der Waals surface area contributed by atoms with E-state index in [2.05, 4.69) is 10.6 Å². The van der Waals surface area contributed by atoms with Crippen molar-refractivity contribution in [1.29, 1.82) is 0 Å². The third-order valence-corrected chi connectivity index (χ3v) is 3.42. The smallest absolute Gasteiger partial charge is 0.319 e. The minimum atomic E-state index is -0.267. The van der Waals surface area contributed by atoms with E-state index in [1.165, 1.54) is 0 Å². The first kappa shape index (κ1) is 19.4. The maximum Gasteiger partial charge on any atom is 0.319 e. The SMILES string of the molecule is CCOc1ccc(NC(=O)NCCCOc2ccccc2)cc1OCC. The number of anilines is 1. The number of amides is 2. The molecule has 2 aromatic rings. The Kier molecular flexibility index (Phi) is 8.12. The standard InChI is InChI=1S/C20H26N2O4/c1-3-24-18-12-11-16(15-19(18)25-4-2)22-20(23)21-13-8-14-26-17-9-6-5-7-10-17/h5-7,9-12,15H,3-4,8,13-14H2,1-2H3,(H2,21,22,23). The third-order valence-electron chi connectivity index (χ3n) is 3.42. The number of nitrogens with one attached hydrogen (secondary N) is 2. The van der Waals surface area contributed by atoms with Crippen LogP contribution in [0, 0.1) is 0 Å². The molecule has 26 heavy (non-hydrogen) atoms. The molecular weight excluding hydrogens is 332 g/mol. The van der Waals surface area contributed by atoms with Gasteiger partial charge in [-0.05, 0) is 44.5 Å². The summed E-state index contributed by atoms with van der Waals surface area (Å²) in [6.45, 7) is 5.96. The maximum absolute atomic E-state index is 12.0. The van der Waals surface area contributed by atoms with Crippen molar-refractivity contribution in [1.82, 2.24) is 5.32 Å². The lowest BCUT2D eigenvalue weighted by Gasteiger charge is -2.13. The van der Waals surface area contributed by atoms with Crippen molar-refractivity contribution in [2.45, 2.75) is 20.3 Å². The summed E-state index contributed by atoms with van der Waals surface area (Å²) >= 11 is 0. The van der Waals surface area contributed by atoms with E-state index in [0.717, 1.165) is 12.2 Å². The van der Waals surface area contributed by atoms with Gasteiger partial charge in [-0.15, -0.1) is 0 Å². The van der Waals surface area contributed by atoms with Crippen LogP contribution in [-0.4, -0.2) is 32.4 Å². The van der Waals surface area contributed by atoms with Crippen LogP contribution in [-0.2, 0) is 0 Å². The monoisotopic (exact) mass is 358 g/mol. The molecule has 140 valence electrons. The highest BCUT2D eigenvalue weighted by Crippen LogP contribution is 2.30. The molecule has 0 aliphatic rings. The molecule has 0 saturated carbocycles. The number of rotatable bonds is 10. The molecule has 0 aliphatic heterocycles. The highest BCUT2D eigenvalue weighted by Gasteiger charge is 2.08. The maximum atomic E-state index is 12.0. The summed E-state index contributed by atoms with van der Waals surface area (Å²) in [5.74, 6) is 2.11. The normalized spacial score (nSPS) is 10.1. The summed E-state index contributed by atoms with van der Waals surface area (Å²) in [5, 5.41) is 5.60. The summed E-state index contributed by atoms with van der Waals surface area (Å²) in [7, 11) is 0. The van der Waals surface area contributed by atoms with Gasteiger partial charge in [-0.1, -0.05) is 18.2 Å². The van der Waals surface area contributed by atoms with Gasteiger partial charge in [0.25, 0.3) is 0 Å². The minimum Gasteiger partial charge on any atom is -0.494 e. The fraction of sp³-hybridized carbons (Fsp3) is 0.350. The Morgan fingerprint density at radius 3 is 2.38 bits per heavy atom. The van der Waals surface area contributed by atoms with Gasteiger partial charge in [-0.3, -0.25) is 0 Å². The van der Waals surface area contributed by atoms with Crippen molar-refractivity contribution < 1.29 is 19.0 Å². The first-order valence-corrected chi connectivity index (χ1v) is 8.85. The van der Waals surface area contributed by atoms with Crippen molar-refractivity contribution in [3.63, 3.8) is 0 Å². The van der Waals surface area contributed by atoms with Crippen LogP contribution in [0.15, 0.2) is 48.5 Å². The zero-order valence-electron chi connectivity index (χ0n) is 15.3. The van der Waals surface area contributed by atoms with Gasteiger partial charge in [-0.2, -0.15) is 0 Å². The van der Waals surface area contributed by atoms with Crippen LogP contribution in [0.25, 0.3) is 0 Å². The molecule has 0 aliphatic carbocycles. The van der Waals surface area contributed by atoms with E-state index in [1.807, 2.05) is 44.2 Å². The predicted molar refractivity (Wildman–Crippen MR) is 102 cm³/mol. The topological polar surface area (TPSA) is 68.8 Å². The second-order valence-electron chi connectivity index (χ2n) is 5.42. The largest absolute Gasteiger partial charge is 0.494 e. The zero-order valence-corrected chi connectivity index (χ0v) is 15.3. The van der Waals surface area contributed by atoms with Gasteiger partial charge in [0.05, 0.1) is 19.8 Å². The molecule has 6 heteroatoms. The average molecular weight is 358 g/mol. The first-order chi connectivity index (χ1) is 12.7. The van der Waals surface area contributed by atoms with Crippen molar-refractivity contribution >= 4 is 11.7 Å². The van der Waals surface area contributed by atoms with Crippen LogP contribution < -0.4 is 24.8 Å². The Bertz CT molecular complexity index is 677. The van der Waals surface area contributed by atoms with E-state index in [0.29, 0.717) is 43.6 Å². The van der Waals surface area contributed by atoms with Crippen molar-refractivity contribution in [2.24, 2.45) is 0 Å². The summed E-state index contributed by atoms with van der Waals surface area (Å²) in [6.07, 6.45) is 0.718. The molecule has 0 aromatic heterocycles. The van der Waals surface area contributed by atoms with Gasteiger partial charge in [0.2, 0.25) is 0 Å². The van der Waals surface area contributed by atoms with E-state index in [1.54, 1.807) is 18.2 Å². The fourth-order valence-electron chi connectivity index (χ4n) is 2.28. The molecular formula is C20H26N2O4. The molecule has 6 nitrogen and oxygen atoms in total. The minimum absolute atomic E-state index is 0.267. The van der Waals surface area contributed by atoms with Gasteiger partial charge in [0.1, 0.15) is 5.75 Å².